The van der Waals surface area contributed by atoms with Gasteiger partial charge in [0.05, 0.1) is 12.8 Å². The van der Waals surface area contributed by atoms with E-state index in [1.807, 2.05) is 31.2 Å². The minimum absolute atomic E-state index is 0.190. The summed E-state index contributed by atoms with van der Waals surface area (Å²) < 4.78 is 6.62. The third kappa shape index (κ3) is 2.85. The first-order valence-electron chi connectivity index (χ1n) is 5.54. The van der Waals surface area contributed by atoms with Crippen molar-refractivity contribution in [1.82, 2.24) is 15.0 Å². The third-order valence-electron chi connectivity index (χ3n) is 2.30. The molecule has 0 spiro atoms. The largest absolute Gasteiger partial charge is 0.494 e. The van der Waals surface area contributed by atoms with E-state index >= 15 is 0 Å². The Morgan fingerprint density at radius 1 is 1.39 bits per heavy atom. The van der Waals surface area contributed by atoms with E-state index in [9.17, 15) is 4.79 Å². The number of aromatic nitrogens is 3. The van der Waals surface area contributed by atoms with E-state index in [1.165, 1.54) is 4.68 Å². The molecular formula is C12H13N3O3. The van der Waals surface area contributed by atoms with Crippen molar-refractivity contribution in [3.05, 3.63) is 30.5 Å². The van der Waals surface area contributed by atoms with Gasteiger partial charge in [-0.05, 0) is 31.2 Å². The first kappa shape index (κ1) is 12.1. The molecule has 2 rings (SSSR count). The molecule has 1 aromatic carbocycles. The predicted octanol–water partition coefficient (Wildman–Crippen LogP) is 1.43. The van der Waals surface area contributed by atoms with Crippen LogP contribution >= 0.6 is 0 Å². The van der Waals surface area contributed by atoms with E-state index in [1.54, 1.807) is 6.20 Å². The second kappa shape index (κ2) is 5.31. The third-order valence-corrected chi connectivity index (χ3v) is 2.30. The maximum absolute atomic E-state index is 10.5. The molecule has 1 N–H and O–H groups in total. The molecule has 18 heavy (non-hydrogen) atoms. The molecule has 1 aromatic heterocycles. The summed E-state index contributed by atoms with van der Waals surface area (Å²) in [6, 6.07) is 7.41. The van der Waals surface area contributed by atoms with Gasteiger partial charge in [0.1, 0.15) is 18.0 Å². The molecule has 0 atom stereocenters. The van der Waals surface area contributed by atoms with Crippen LogP contribution in [0.3, 0.4) is 0 Å². The van der Waals surface area contributed by atoms with Crippen molar-refractivity contribution in [1.29, 1.82) is 0 Å². The van der Waals surface area contributed by atoms with Crippen LogP contribution in [0.5, 0.6) is 5.75 Å². The van der Waals surface area contributed by atoms with Crippen molar-refractivity contribution in [2.45, 2.75) is 13.5 Å². The Kier molecular flexibility index (Phi) is 3.57. The lowest BCUT2D eigenvalue weighted by atomic mass is 10.2. The zero-order valence-electron chi connectivity index (χ0n) is 9.91. The predicted molar refractivity (Wildman–Crippen MR) is 64.3 cm³/mol. The van der Waals surface area contributed by atoms with Crippen molar-refractivity contribution in [3.63, 3.8) is 0 Å². The SMILES string of the molecule is CCOc1ccc(-c2cn(CC(=O)O)nn2)cc1. The van der Waals surface area contributed by atoms with Crippen LogP contribution in [0.2, 0.25) is 0 Å². The average Bonchev–Trinajstić information content (AvgIpc) is 2.78. The van der Waals surface area contributed by atoms with Gasteiger partial charge in [-0.15, -0.1) is 5.10 Å². The first-order valence-corrected chi connectivity index (χ1v) is 5.54. The van der Waals surface area contributed by atoms with Crippen LogP contribution in [-0.2, 0) is 11.3 Å². The highest BCUT2D eigenvalue weighted by atomic mass is 16.5. The highest BCUT2D eigenvalue weighted by Gasteiger charge is 2.06. The fraction of sp³-hybridized carbons (Fsp3) is 0.250. The summed E-state index contributed by atoms with van der Waals surface area (Å²) in [5, 5.41) is 16.3. The van der Waals surface area contributed by atoms with Crippen LogP contribution in [0.15, 0.2) is 30.5 Å². The topological polar surface area (TPSA) is 77.2 Å². The summed E-state index contributed by atoms with van der Waals surface area (Å²) in [5.74, 6) is -0.155. The summed E-state index contributed by atoms with van der Waals surface area (Å²) in [4.78, 5) is 10.5. The van der Waals surface area contributed by atoms with Gasteiger partial charge in [-0.3, -0.25) is 4.79 Å². The maximum Gasteiger partial charge on any atom is 0.325 e. The highest BCUT2D eigenvalue weighted by Crippen LogP contribution is 2.20. The molecule has 94 valence electrons. The van der Waals surface area contributed by atoms with E-state index in [4.69, 9.17) is 9.84 Å². The van der Waals surface area contributed by atoms with Crippen LogP contribution in [0, 0.1) is 0 Å². The molecule has 6 heteroatoms. The standard InChI is InChI=1S/C12H13N3O3/c1-2-18-10-5-3-9(4-6-10)11-7-15(14-13-11)8-12(16)17/h3-7H,2,8H2,1H3,(H,16,17). The average molecular weight is 247 g/mol. The molecule has 0 saturated heterocycles. The number of ether oxygens (including phenoxy) is 1. The Hall–Kier alpha value is -2.37. The van der Waals surface area contributed by atoms with Gasteiger partial charge in [0.25, 0.3) is 0 Å². The maximum atomic E-state index is 10.5. The summed E-state index contributed by atoms with van der Waals surface area (Å²) in [6.45, 7) is 2.35. The van der Waals surface area contributed by atoms with Crippen molar-refractivity contribution >= 4 is 5.97 Å². The van der Waals surface area contributed by atoms with E-state index in [0.717, 1.165) is 11.3 Å². The molecule has 0 saturated carbocycles. The zero-order valence-corrected chi connectivity index (χ0v) is 9.91. The van der Waals surface area contributed by atoms with Crippen molar-refractivity contribution < 1.29 is 14.6 Å². The van der Waals surface area contributed by atoms with Crippen LogP contribution in [0.4, 0.5) is 0 Å². The molecule has 0 fully saturated rings. The molecule has 0 aliphatic carbocycles. The molecule has 0 bridgehead atoms. The smallest absolute Gasteiger partial charge is 0.325 e. The summed E-state index contributed by atoms with van der Waals surface area (Å²) in [6.07, 6.45) is 1.60. The number of rotatable bonds is 5. The lowest BCUT2D eigenvalue weighted by Crippen LogP contribution is -2.08. The van der Waals surface area contributed by atoms with Gasteiger partial charge in [0.2, 0.25) is 0 Å². The quantitative estimate of drug-likeness (QED) is 0.864. The van der Waals surface area contributed by atoms with Gasteiger partial charge in [-0.2, -0.15) is 0 Å². The summed E-state index contributed by atoms with van der Waals surface area (Å²) >= 11 is 0. The molecular weight excluding hydrogens is 234 g/mol. The van der Waals surface area contributed by atoms with Gasteiger partial charge in [0.15, 0.2) is 0 Å². The van der Waals surface area contributed by atoms with Crippen LogP contribution in [0.1, 0.15) is 6.92 Å². The van der Waals surface area contributed by atoms with Crippen LogP contribution < -0.4 is 4.74 Å². The van der Waals surface area contributed by atoms with Crippen LogP contribution in [-0.4, -0.2) is 32.7 Å². The Morgan fingerprint density at radius 2 is 2.11 bits per heavy atom. The molecule has 0 aliphatic rings. The lowest BCUT2D eigenvalue weighted by Gasteiger charge is -2.02. The van der Waals surface area contributed by atoms with Crippen LogP contribution in [0.25, 0.3) is 11.3 Å². The van der Waals surface area contributed by atoms with E-state index in [2.05, 4.69) is 10.3 Å². The highest BCUT2D eigenvalue weighted by molar-refractivity contribution is 5.66. The summed E-state index contributed by atoms with van der Waals surface area (Å²) in [7, 11) is 0. The van der Waals surface area contributed by atoms with Gasteiger partial charge in [-0.25, -0.2) is 4.68 Å². The minimum Gasteiger partial charge on any atom is -0.494 e. The number of nitrogens with zero attached hydrogens (tertiary/aromatic N) is 3. The van der Waals surface area contributed by atoms with E-state index < -0.39 is 5.97 Å². The first-order chi connectivity index (χ1) is 8.69. The molecule has 0 aliphatic heterocycles. The van der Waals surface area contributed by atoms with Crippen molar-refractivity contribution in [2.75, 3.05) is 6.61 Å². The number of hydrogen-bond donors (Lipinski definition) is 1. The molecule has 0 radical (unpaired) electrons. The monoisotopic (exact) mass is 247 g/mol. The fourth-order valence-corrected chi connectivity index (χ4v) is 1.54. The van der Waals surface area contributed by atoms with Gasteiger partial charge < -0.3 is 9.84 Å². The second-order valence-electron chi connectivity index (χ2n) is 3.65. The Labute approximate surface area is 104 Å². The van der Waals surface area contributed by atoms with Crippen molar-refractivity contribution in [3.8, 4) is 17.0 Å². The normalized spacial score (nSPS) is 10.3. The molecule has 1 heterocycles. The van der Waals surface area contributed by atoms with Crippen molar-refractivity contribution in [2.24, 2.45) is 0 Å². The van der Waals surface area contributed by atoms with Gasteiger partial charge in [0, 0.05) is 5.56 Å². The number of aliphatic carboxylic acids is 1. The Bertz CT molecular complexity index is 534. The Balaban J connectivity index is 2.15. The summed E-state index contributed by atoms with van der Waals surface area (Å²) in [5.41, 5.74) is 1.51. The van der Waals surface area contributed by atoms with Gasteiger partial charge in [-0.1, -0.05) is 5.21 Å². The van der Waals surface area contributed by atoms with E-state index in [0.29, 0.717) is 12.3 Å². The fourth-order valence-electron chi connectivity index (χ4n) is 1.54. The minimum atomic E-state index is -0.946. The number of carboxylic acids is 1. The Morgan fingerprint density at radius 3 is 2.72 bits per heavy atom. The number of carbonyl (C=O) groups is 1. The molecule has 6 nitrogen and oxygen atoms in total. The second-order valence-corrected chi connectivity index (χ2v) is 3.65. The molecule has 0 amide bonds. The zero-order chi connectivity index (χ0) is 13.0. The number of hydrogen-bond acceptors (Lipinski definition) is 4. The molecule has 0 unspecified atom stereocenters. The number of benzene rings is 1. The molecule has 2 aromatic rings. The van der Waals surface area contributed by atoms with E-state index in [-0.39, 0.29) is 6.54 Å². The van der Waals surface area contributed by atoms with Gasteiger partial charge >= 0.3 is 5.97 Å². The number of carboxylic acid groups (broad SMARTS) is 1. The lowest BCUT2D eigenvalue weighted by molar-refractivity contribution is -0.137.